The molecule has 0 atom stereocenters. The van der Waals surface area contributed by atoms with E-state index in [9.17, 15) is 13.2 Å². The normalized spacial score (nSPS) is 10.5. The van der Waals surface area contributed by atoms with Crippen molar-refractivity contribution < 1.29 is 17.8 Å². The van der Waals surface area contributed by atoms with E-state index in [1.165, 1.54) is 18.2 Å². The first-order valence-electron chi connectivity index (χ1n) is 6.73. The van der Waals surface area contributed by atoms with Crippen LogP contribution >= 0.6 is 0 Å². The molecule has 0 aliphatic heterocycles. The molecule has 0 bridgehead atoms. The van der Waals surface area contributed by atoms with Crippen molar-refractivity contribution >= 4 is 37.1 Å². The first-order chi connectivity index (χ1) is 10.8. The van der Waals surface area contributed by atoms with Gasteiger partial charge in [-0.2, -0.15) is 8.42 Å². The Labute approximate surface area is 138 Å². The quantitative estimate of drug-likeness (QED) is 0.669. The number of rotatable bonds is 3. The average molecular weight is 328 g/mol. The molecular weight excluding hydrogens is 311 g/mol. The Hall–Kier alpha value is -2.14. The number of anilines is 1. The molecule has 5 nitrogen and oxygen atoms in total. The fourth-order valence-electron chi connectivity index (χ4n) is 1.92. The maximum absolute atomic E-state index is 12.0. The first kappa shape index (κ1) is 18.9. The van der Waals surface area contributed by atoms with Crippen LogP contribution in [0.3, 0.4) is 0 Å². The van der Waals surface area contributed by atoms with Crippen LogP contribution < -0.4 is 5.32 Å². The van der Waals surface area contributed by atoms with Gasteiger partial charge in [0.05, 0.1) is 4.90 Å². The predicted molar refractivity (Wildman–Crippen MR) is 93.0 cm³/mol. The summed E-state index contributed by atoms with van der Waals surface area (Å²) < 4.78 is 31.2. The monoisotopic (exact) mass is 328 g/mol. The van der Waals surface area contributed by atoms with Crippen molar-refractivity contribution in [2.45, 2.75) is 18.7 Å². The zero-order valence-corrected chi connectivity index (χ0v) is 13.9. The standard InChI is InChI=1S/C15H15NO4S.CH2.Be/c1-10-3-5-12(6-4-10)15(17)16-13-7-8-14(11(2)9-13)21(18,19)20;;/h3-9H,1-2H3,(H,16,17)(H,18,19,20);1H2;. The number of nitrogens with one attached hydrogen (secondary N) is 1. The fraction of sp³-hybridized carbons (Fsp3) is 0.125. The fourth-order valence-corrected chi connectivity index (χ4v) is 2.63. The van der Waals surface area contributed by atoms with Gasteiger partial charge in [0.1, 0.15) is 0 Å². The molecule has 0 unspecified atom stereocenters. The summed E-state index contributed by atoms with van der Waals surface area (Å²) in [6, 6.07) is 11.3. The van der Waals surface area contributed by atoms with Crippen molar-refractivity contribution in [3.05, 3.63) is 59.2 Å². The summed E-state index contributed by atoms with van der Waals surface area (Å²) >= 11 is 0. The van der Waals surface area contributed by atoms with Crippen LogP contribution in [0, 0.1) is 13.8 Å². The Morgan fingerprint density at radius 2 is 1.65 bits per heavy atom. The van der Waals surface area contributed by atoms with Crippen LogP contribution in [0.15, 0.2) is 47.4 Å². The zero-order valence-electron chi connectivity index (χ0n) is 13.0. The zero-order chi connectivity index (χ0) is 17.6. The van der Waals surface area contributed by atoms with E-state index in [0.717, 1.165) is 5.56 Å². The number of carbonyl (C=O) groups excluding carboxylic acids is 1. The van der Waals surface area contributed by atoms with E-state index in [4.69, 9.17) is 4.55 Å². The van der Waals surface area contributed by atoms with Crippen LogP contribution in [0.4, 0.5) is 5.69 Å². The van der Waals surface area contributed by atoms with Crippen molar-refractivity contribution in [2.24, 2.45) is 0 Å². The van der Waals surface area contributed by atoms with Crippen LogP contribution in [0.25, 0.3) is 0 Å². The Kier molecular flexibility index (Phi) is 6.51. The van der Waals surface area contributed by atoms with Gasteiger partial charge in [-0.25, -0.2) is 0 Å². The van der Waals surface area contributed by atoms with Crippen molar-refractivity contribution in [3.63, 3.8) is 0 Å². The minimum absolute atomic E-state index is 0.171. The van der Waals surface area contributed by atoms with Gasteiger partial charge in [0, 0.05) is 11.3 Å². The average Bonchev–Trinajstić information content (AvgIpc) is 2.48. The minimum atomic E-state index is -4.25. The van der Waals surface area contributed by atoms with Crippen molar-refractivity contribution in [1.82, 2.24) is 0 Å². The summed E-state index contributed by atoms with van der Waals surface area (Å²) in [6.07, 6.45) is 3.00. The molecule has 0 fully saturated rings. The second-order valence-electron chi connectivity index (χ2n) is 4.78. The third kappa shape index (κ3) is 5.21. The molecule has 0 aliphatic rings. The molecule has 0 spiro atoms. The van der Waals surface area contributed by atoms with Gasteiger partial charge in [0.25, 0.3) is 16.0 Å². The number of aryl methyl sites for hydroxylation is 2. The van der Waals surface area contributed by atoms with E-state index >= 15 is 0 Å². The van der Waals surface area contributed by atoms with Crippen molar-refractivity contribution in [2.75, 3.05) is 5.32 Å². The van der Waals surface area contributed by atoms with Gasteiger partial charge in [0.2, 0.25) is 0 Å². The molecule has 2 N–H and O–H groups in total. The number of hydrogen-bond acceptors (Lipinski definition) is 3. The van der Waals surface area contributed by atoms with E-state index in [-0.39, 0.29) is 10.8 Å². The van der Waals surface area contributed by atoms with E-state index in [1.54, 1.807) is 19.1 Å². The summed E-state index contributed by atoms with van der Waals surface area (Å²) in [4.78, 5) is 11.9. The second-order valence-corrected chi connectivity index (χ2v) is 6.17. The van der Waals surface area contributed by atoms with Crippen LogP contribution in [0.1, 0.15) is 21.5 Å². The molecular formula is C16H17BeNO4S. The third-order valence-corrected chi connectivity index (χ3v) is 4.04. The summed E-state index contributed by atoms with van der Waals surface area (Å²) in [7, 11) is -1.25. The molecule has 0 aliphatic carbocycles. The number of carbonyl (C=O) groups is 1. The topological polar surface area (TPSA) is 83.5 Å². The van der Waals surface area contributed by atoms with Gasteiger partial charge in [-0.3, -0.25) is 9.35 Å². The van der Waals surface area contributed by atoms with Crippen molar-refractivity contribution in [1.29, 1.82) is 0 Å². The summed E-state index contributed by atoms with van der Waals surface area (Å²) in [6.45, 7) is 3.48. The molecule has 0 radical (unpaired) electrons. The van der Waals surface area contributed by atoms with Gasteiger partial charge >= 0.3 is 15.3 Å². The van der Waals surface area contributed by atoms with Crippen LogP contribution in [-0.4, -0.2) is 34.2 Å². The molecule has 0 aromatic heterocycles. The van der Waals surface area contributed by atoms with E-state index in [2.05, 4.69) is 20.7 Å². The molecule has 7 heteroatoms. The van der Waals surface area contributed by atoms with E-state index < -0.39 is 10.1 Å². The summed E-state index contributed by atoms with van der Waals surface area (Å²) in [5, 5.41) is 2.68. The van der Waals surface area contributed by atoms with Gasteiger partial charge in [-0.1, -0.05) is 17.7 Å². The molecule has 0 saturated carbocycles. The number of hydrogen-bond donors (Lipinski definition) is 2. The van der Waals surface area contributed by atoms with Gasteiger partial charge < -0.3 is 5.32 Å². The second kappa shape index (κ2) is 7.92. The Morgan fingerprint density at radius 1 is 1.09 bits per heavy atom. The summed E-state index contributed by atoms with van der Waals surface area (Å²) in [5.41, 5.74) is 2.39. The van der Waals surface area contributed by atoms with Gasteiger partial charge in [-0.05, 0) is 49.7 Å². The molecule has 1 amide bonds. The van der Waals surface area contributed by atoms with E-state index in [1.807, 2.05) is 19.1 Å². The van der Waals surface area contributed by atoms with Gasteiger partial charge in [-0.15, -0.1) is 0 Å². The van der Waals surface area contributed by atoms with Crippen LogP contribution in [-0.2, 0) is 10.1 Å². The molecule has 0 heterocycles. The van der Waals surface area contributed by atoms with Crippen LogP contribution in [0.5, 0.6) is 0 Å². The van der Waals surface area contributed by atoms with Crippen molar-refractivity contribution in [3.8, 4) is 0 Å². The number of amides is 1. The Balaban J connectivity index is 0.00000127. The van der Waals surface area contributed by atoms with Gasteiger partial charge in [0.15, 0.2) is 0 Å². The third-order valence-electron chi connectivity index (χ3n) is 3.02. The van der Waals surface area contributed by atoms with Crippen LogP contribution in [0.2, 0.25) is 0 Å². The number of benzene rings is 2. The summed E-state index contributed by atoms with van der Waals surface area (Å²) in [5.74, 6) is -0.283. The molecule has 2 aromatic carbocycles. The maximum atomic E-state index is 12.0. The first-order valence-corrected chi connectivity index (χ1v) is 8.17. The molecule has 2 rings (SSSR count). The SMILES string of the molecule is Cc1ccc(C(=O)Nc2ccc(S(=O)(=O)O)c(C)c2)cc1.[Be]=[CH2]. The molecule has 23 heavy (non-hydrogen) atoms. The molecule has 2 aromatic rings. The van der Waals surface area contributed by atoms with E-state index in [0.29, 0.717) is 16.8 Å². The molecule has 118 valence electrons. The molecule has 0 saturated heterocycles. The Morgan fingerprint density at radius 3 is 2.13 bits per heavy atom. The predicted octanol–water partition coefficient (Wildman–Crippen LogP) is 2.39. The Bertz CT molecular complexity index is 801.